The van der Waals surface area contributed by atoms with E-state index in [9.17, 15) is 14.7 Å². The number of methoxy groups -OCH3 is 1. The highest BCUT2D eigenvalue weighted by molar-refractivity contribution is 6.32. The first-order valence-electron chi connectivity index (χ1n) is 9.89. The number of esters is 1. The van der Waals surface area contributed by atoms with E-state index in [4.69, 9.17) is 25.8 Å². The Bertz CT molecular complexity index is 1290. The predicted molar refractivity (Wildman–Crippen MR) is 118 cm³/mol. The second-order valence-corrected chi connectivity index (χ2v) is 7.92. The van der Waals surface area contributed by atoms with E-state index in [0.29, 0.717) is 33.9 Å². The number of hydrogen-bond acceptors (Lipinski definition) is 6. The zero-order valence-corrected chi connectivity index (χ0v) is 17.7. The summed E-state index contributed by atoms with van der Waals surface area (Å²) in [5.41, 5.74) is 2.50. The molecule has 0 spiro atoms. The van der Waals surface area contributed by atoms with Crippen LogP contribution in [0.15, 0.2) is 60.4 Å². The molecule has 0 fully saturated rings. The van der Waals surface area contributed by atoms with Crippen LogP contribution in [-0.4, -0.2) is 24.0 Å². The number of ether oxygens (including phenoxy) is 3. The zero-order valence-electron chi connectivity index (χ0n) is 16.9. The van der Waals surface area contributed by atoms with Crippen LogP contribution in [0.1, 0.15) is 39.4 Å². The lowest BCUT2D eigenvalue weighted by Gasteiger charge is -2.26. The number of phenols is 1. The second-order valence-electron chi connectivity index (χ2n) is 7.51. The van der Waals surface area contributed by atoms with E-state index in [0.717, 1.165) is 5.56 Å². The van der Waals surface area contributed by atoms with Crippen molar-refractivity contribution in [1.29, 1.82) is 0 Å². The minimum Gasteiger partial charge on any atom is -0.506 e. The van der Waals surface area contributed by atoms with Gasteiger partial charge >= 0.3 is 5.97 Å². The zero-order chi connectivity index (χ0) is 22.4. The standard InChI is InChI=1S/C25H17ClO6/c1-30-15-5-2-13(3-6-15)10-21-24(29)16-7-9-20-23(25(16)32-21)17(12-22(28)31-20)14-4-8-19(27)18(26)11-14/h2-11,17,27H,12H2,1H3. The highest BCUT2D eigenvalue weighted by Crippen LogP contribution is 2.49. The number of phenolic OH excluding ortho intramolecular Hbond substituents is 1. The number of rotatable bonds is 3. The molecule has 0 saturated heterocycles. The van der Waals surface area contributed by atoms with E-state index in [1.165, 1.54) is 6.07 Å². The molecule has 0 radical (unpaired) electrons. The van der Waals surface area contributed by atoms with Crippen LogP contribution in [0, 0.1) is 0 Å². The summed E-state index contributed by atoms with van der Waals surface area (Å²) in [6.07, 6.45) is 1.72. The van der Waals surface area contributed by atoms with Crippen molar-refractivity contribution in [3.8, 4) is 23.0 Å². The van der Waals surface area contributed by atoms with Gasteiger partial charge in [-0.2, -0.15) is 0 Å². The van der Waals surface area contributed by atoms with Crippen LogP contribution in [0.5, 0.6) is 23.0 Å². The first-order valence-corrected chi connectivity index (χ1v) is 10.3. The number of carbonyl (C=O) groups excluding carboxylic acids is 2. The third kappa shape index (κ3) is 3.39. The van der Waals surface area contributed by atoms with Gasteiger partial charge in [-0.15, -0.1) is 0 Å². The Labute approximate surface area is 188 Å². The van der Waals surface area contributed by atoms with Crippen LogP contribution < -0.4 is 14.2 Å². The molecule has 1 unspecified atom stereocenters. The molecule has 160 valence electrons. The maximum atomic E-state index is 13.0. The molecule has 0 saturated carbocycles. The molecule has 1 N–H and O–H groups in total. The van der Waals surface area contributed by atoms with Gasteiger partial charge in [0.1, 0.15) is 23.0 Å². The molecular weight excluding hydrogens is 432 g/mol. The average Bonchev–Trinajstić information content (AvgIpc) is 3.10. The summed E-state index contributed by atoms with van der Waals surface area (Å²) in [7, 11) is 1.58. The van der Waals surface area contributed by atoms with E-state index in [2.05, 4.69) is 0 Å². The van der Waals surface area contributed by atoms with Gasteiger partial charge in [-0.05, 0) is 53.6 Å². The number of hydrogen-bond donors (Lipinski definition) is 1. The Balaban J connectivity index is 1.58. The Morgan fingerprint density at radius 1 is 1.06 bits per heavy atom. The van der Waals surface area contributed by atoms with Gasteiger partial charge in [-0.1, -0.05) is 29.8 Å². The lowest BCUT2D eigenvalue weighted by molar-refractivity contribution is -0.135. The van der Waals surface area contributed by atoms with Gasteiger partial charge in [0.25, 0.3) is 0 Å². The molecule has 5 rings (SSSR count). The van der Waals surface area contributed by atoms with Gasteiger partial charge in [0.05, 0.1) is 24.1 Å². The summed E-state index contributed by atoms with van der Waals surface area (Å²) in [6, 6.07) is 15.2. The fourth-order valence-electron chi connectivity index (χ4n) is 3.98. The smallest absolute Gasteiger partial charge is 0.312 e. The lowest BCUT2D eigenvalue weighted by Crippen LogP contribution is -2.21. The summed E-state index contributed by atoms with van der Waals surface area (Å²) in [5.74, 6) is 0.457. The maximum absolute atomic E-state index is 13.0. The SMILES string of the molecule is COc1ccc(C=C2Oc3c(ccc4c3C(c3ccc(O)c(Cl)c3)CC(=O)O4)C2=O)cc1. The summed E-state index contributed by atoms with van der Waals surface area (Å²) >= 11 is 6.10. The highest BCUT2D eigenvalue weighted by Gasteiger charge is 2.38. The van der Waals surface area contributed by atoms with Crippen molar-refractivity contribution in [2.24, 2.45) is 0 Å². The predicted octanol–water partition coefficient (Wildman–Crippen LogP) is 5.11. The molecule has 6 nitrogen and oxygen atoms in total. The van der Waals surface area contributed by atoms with E-state index in [1.54, 1.807) is 49.6 Å². The quantitative estimate of drug-likeness (QED) is 0.340. The number of halogens is 1. The maximum Gasteiger partial charge on any atom is 0.312 e. The second kappa shape index (κ2) is 7.73. The topological polar surface area (TPSA) is 82.1 Å². The van der Waals surface area contributed by atoms with Crippen LogP contribution in [0.25, 0.3) is 6.08 Å². The number of benzene rings is 3. The molecule has 32 heavy (non-hydrogen) atoms. The number of carbonyl (C=O) groups is 2. The Morgan fingerprint density at radius 2 is 1.84 bits per heavy atom. The largest absolute Gasteiger partial charge is 0.506 e. The number of Topliss-reactive ketones (excluding diaryl/α,β-unsaturated/α-hetero) is 1. The molecule has 0 amide bonds. The van der Waals surface area contributed by atoms with Crippen molar-refractivity contribution < 1.29 is 28.9 Å². The van der Waals surface area contributed by atoms with Crippen molar-refractivity contribution in [1.82, 2.24) is 0 Å². The minimum absolute atomic E-state index is 0.0524. The first-order chi connectivity index (χ1) is 15.4. The Hall–Kier alpha value is -3.77. The van der Waals surface area contributed by atoms with E-state index < -0.39 is 11.9 Å². The monoisotopic (exact) mass is 448 g/mol. The normalized spacial score (nSPS) is 18.1. The molecule has 7 heteroatoms. The van der Waals surface area contributed by atoms with Crippen LogP contribution in [0.2, 0.25) is 5.02 Å². The summed E-state index contributed by atoms with van der Waals surface area (Å²) in [4.78, 5) is 25.3. The van der Waals surface area contributed by atoms with Gasteiger partial charge in [0.2, 0.25) is 5.78 Å². The molecule has 3 aromatic carbocycles. The van der Waals surface area contributed by atoms with Crippen LogP contribution in [-0.2, 0) is 4.79 Å². The molecule has 2 heterocycles. The molecular formula is C25H17ClO6. The van der Waals surface area contributed by atoms with Crippen LogP contribution in [0.3, 0.4) is 0 Å². The third-order valence-corrected chi connectivity index (χ3v) is 5.87. The van der Waals surface area contributed by atoms with Gasteiger partial charge in [0, 0.05) is 11.5 Å². The van der Waals surface area contributed by atoms with E-state index in [1.807, 2.05) is 12.1 Å². The van der Waals surface area contributed by atoms with Crippen molar-refractivity contribution in [3.63, 3.8) is 0 Å². The number of fused-ring (bicyclic) bond motifs is 3. The first kappa shape index (κ1) is 20.2. The fourth-order valence-corrected chi connectivity index (χ4v) is 4.17. The van der Waals surface area contributed by atoms with Crippen molar-refractivity contribution in [2.45, 2.75) is 12.3 Å². The van der Waals surface area contributed by atoms with Crippen molar-refractivity contribution in [3.05, 3.63) is 87.6 Å². The molecule has 3 aromatic rings. The van der Waals surface area contributed by atoms with Gasteiger partial charge in [0.15, 0.2) is 5.76 Å². The Morgan fingerprint density at radius 3 is 2.56 bits per heavy atom. The third-order valence-electron chi connectivity index (χ3n) is 5.57. The average molecular weight is 449 g/mol. The summed E-state index contributed by atoms with van der Waals surface area (Å²) < 4.78 is 16.6. The fraction of sp³-hybridized carbons (Fsp3) is 0.120. The van der Waals surface area contributed by atoms with Gasteiger partial charge < -0.3 is 19.3 Å². The molecule has 0 aliphatic carbocycles. The number of aromatic hydroxyl groups is 1. The number of allylic oxidation sites excluding steroid dienone is 1. The summed E-state index contributed by atoms with van der Waals surface area (Å²) in [6.45, 7) is 0. The van der Waals surface area contributed by atoms with Gasteiger partial charge in [-0.3, -0.25) is 9.59 Å². The van der Waals surface area contributed by atoms with Crippen molar-refractivity contribution in [2.75, 3.05) is 7.11 Å². The molecule has 2 aliphatic rings. The van der Waals surface area contributed by atoms with E-state index in [-0.39, 0.29) is 28.7 Å². The number of ketones is 1. The van der Waals surface area contributed by atoms with Gasteiger partial charge in [-0.25, -0.2) is 0 Å². The lowest BCUT2D eigenvalue weighted by atomic mass is 9.84. The Kier molecular flexibility index (Phi) is 4.87. The highest BCUT2D eigenvalue weighted by atomic mass is 35.5. The van der Waals surface area contributed by atoms with E-state index >= 15 is 0 Å². The summed E-state index contributed by atoms with van der Waals surface area (Å²) in [5, 5.41) is 9.95. The van der Waals surface area contributed by atoms with Crippen molar-refractivity contribution >= 4 is 29.4 Å². The van der Waals surface area contributed by atoms with Crippen LogP contribution >= 0.6 is 11.6 Å². The molecule has 2 aliphatic heterocycles. The van der Waals surface area contributed by atoms with Crippen LogP contribution in [0.4, 0.5) is 0 Å². The molecule has 0 bridgehead atoms. The molecule has 0 aromatic heterocycles. The molecule has 1 atom stereocenters. The minimum atomic E-state index is -0.438.